The quantitative estimate of drug-likeness (QED) is 0.615. The number of rotatable bonds is 7. The number of anilines is 2. The zero-order chi connectivity index (χ0) is 21.6. The van der Waals surface area contributed by atoms with Gasteiger partial charge in [-0.05, 0) is 36.6 Å². The Kier molecular flexibility index (Phi) is 6.26. The molecule has 2 aromatic carbocycles. The summed E-state index contributed by atoms with van der Waals surface area (Å²) in [6, 6.07) is 14.1. The molecule has 0 atom stereocenters. The van der Waals surface area contributed by atoms with E-state index in [1.165, 1.54) is 40.3 Å². The Balaban J connectivity index is 1.25. The van der Waals surface area contributed by atoms with Crippen LogP contribution < -0.4 is 15.5 Å². The maximum absolute atomic E-state index is 13.7. The second-order valence-corrected chi connectivity index (χ2v) is 7.43. The van der Waals surface area contributed by atoms with Crippen molar-refractivity contribution in [2.45, 2.75) is 19.4 Å². The lowest BCUT2D eigenvalue weighted by Gasteiger charge is -2.31. The summed E-state index contributed by atoms with van der Waals surface area (Å²) in [5, 5.41) is 9.59. The molecule has 2 amide bonds. The molecule has 1 aromatic heterocycles. The van der Waals surface area contributed by atoms with Crippen LogP contribution >= 0.6 is 0 Å². The van der Waals surface area contributed by atoms with Crippen molar-refractivity contribution >= 4 is 23.2 Å². The number of benzene rings is 2. The van der Waals surface area contributed by atoms with Gasteiger partial charge in [-0.15, -0.1) is 0 Å². The summed E-state index contributed by atoms with van der Waals surface area (Å²) in [7, 11) is 0. The number of aryl methyl sites for hydroxylation is 1. The summed E-state index contributed by atoms with van der Waals surface area (Å²) in [6.07, 6.45) is 5.17. The van der Waals surface area contributed by atoms with Gasteiger partial charge in [0.1, 0.15) is 12.4 Å². The molecule has 160 valence electrons. The lowest BCUT2D eigenvalue weighted by atomic mass is 10.0. The molecule has 0 aliphatic carbocycles. The van der Waals surface area contributed by atoms with E-state index in [1.54, 1.807) is 12.3 Å². The Morgan fingerprint density at radius 3 is 2.77 bits per heavy atom. The summed E-state index contributed by atoms with van der Waals surface area (Å²) < 4.78 is 15.1. The summed E-state index contributed by atoms with van der Waals surface area (Å²) in [5.74, 6) is -1.33. The Morgan fingerprint density at radius 1 is 1.10 bits per heavy atom. The molecule has 31 heavy (non-hydrogen) atoms. The Morgan fingerprint density at radius 2 is 1.90 bits per heavy atom. The first-order valence-corrected chi connectivity index (χ1v) is 10.3. The first-order valence-electron chi connectivity index (χ1n) is 10.3. The number of hydrogen-bond acceptors (Lipinski definition) is 4. The molecule has 3 aromatic rings. The third-order valence-corrected chi connectivity index (χ3v) is 5.23. The number of aromatic nitrogens is 2. The van der Waals surface area contributed by atoms with Gasteiger partial charge in [0.25, 0.3) is 5.91 Å². The molecule has 2 heterocycles. The number of nitrogens with zero attached hydrogens (tertiary/aromatic N) is 3. The van der Waals surface area contributed by atoms with Gasteiger partial charge in [-0.25, -0.2) is 4.39 Å². The minimum absolute atomic E-state index is 0.0339. The van der Waals surface area contributed by atoms with Gasteiger partial charge in [-0.1, -0.05) is 30.3 Å². The highest BCUT2D eigenvalue weighted by atomic mass is 19.1. The molecule has 0 saturated carbocycles. The van der Waals surface area contributed by atoms with Gasteiger partial charge in [-0.3, -0.25) is 14.3 Å². The Hall–Kier alpha value is -3.68. The topological polar surface area (TPSA) is 79.3 Å². The van der Waals surface area contributed by atoms with E-state index in [2.05, 4.69) is 38.8 Å². The van der Waals surface area contributed by atoms with Gasteiger partial charge in [0.15, 0.2) is 0 Å². The number of nitrogens with one attached hydrogen (secondary N) is 2. The van der Waals surface area contributed by atoms with Crippen LogP contribution in [-0.2, 0) is 17.8 Å². The predicted molar refractivity (Wildman–Crippen MR) is 117 cm³/mol. The third kappa shape index (κ3) is 5.09. The third-order valence-electron chi connectivity index (χ3n) is 5.23. The van der Waals surface area contributed by atoms with Gasteiger partial charge in [-0.2, -0.15) is 5.10 Å². The second kappa shape index (κ2) is 9.42. The Bertz CT molecular complexity index is 1080. The number of halogens is 1. The summed E-state index contributed by atoms with van der Waals surface area (Å²) in [6.45, 7) is 2.29. The fourth-order valence-corrected chi connectivity index (χ4v) is 3.74. The zero-order valence-corrected chi connectivity index (χ0v) is 17.1. The SMILES string of the molecule is O=C(Cn1cc(NC(=O)c2ccccc2F)cn1)NCCN1CCCc2ccccc21. The second-order valence-electron chi connectivity index (χ2n) is 7.43. The number of para-hydroxylation sites is 1. The molecular formula is C23H24FN5O2. The minimum atomic E-state index is -0.594. The van der Waals surface area contributed by atoms with Crippen LogP contribution in [-0.4, -0.2) is 41.2 Å². The van der Waals surface area contributed by atoms with E-state index >= 15 is 0 Å². The van der Waals surface area contributed by atoms with E-state index in [0.29, 0.717) is 12.2 Å². The van der Waals surface area contributed by atoms with Crippen LogP contribution in [0.25, 0.3) is 0 Å². The van der Waals surface area contributed by atoms with E-state index in [1.807, 2.05) is 6.07 Å². The van der Waals surface area contributed by atoms with Crippen molar-refractivity contribution in [2.24, 2.45) is 0 Å². The molecule has 0 spiro atoms. The highest BCUT2D eigenvalue weighted by Crippen LogP contribution is 2.25. The van der Waals surface area contributed by atoms with Crippen molar-refractivity contribution in [1.29, 1.82) is 0 Å². The van der Waals surface area contributed by atoms with Crippen LogP contribution in [0.15, 0.2) is 60.9 Å². The number of carbonyl (C=O) groups is 2. The average Bonchev–Trinajstić information content (AvgIpc) is 3.20. The number of carbonyl (C=O) groups excluding carboxylic acids is 2. The van der Waals surface area contributed by atoms with Gasteiger partial charge < -0.3 is 15.5 Å². The van der Waals surface area contributed by atoms with Crippen molar-refractivity contribution in [3.63, 3.8) is 0 Å². The molecule has 1 aliphatic heterocycles. The smallest absolute Gasteiger partial charge is 0.258 e. The first kappa shape index (κ1) is 20.6. The van der Waals surface area contributed by atoms with Gasteiger partial charge in [0.2, 0.25) is 5.91 Å². The molecule has 7 nitrogen and oxygen atoms in total. The number of hydrogen-bond donors (Lipinski definition) is 2. The standard InChI is InChI=1S/C23H24FN5O2/c24-20-9-3-2-8-19(20)23(31)27-18-14-26-29(15-18)16-22(30)25-11-13-28-12-5-7-17-6-1-4-10-21(17)28/h1-4,6,8-10,14-15H,5,7,11-13,16H2,(H,25,30)(H,27,31). The average molecular weight is 421 g/mol. The van der Waals surface area contributed by atoms with Crippen LogP contribution in [0, 0.1) is 5.82 Å². The van der Waals surface area contributed by atoms with Gasteiger partial charge >= 0.3 is 0 Å². The maximum atomic E-state index is 13.7. The van der Waals surface area contributed by atoms with Crippen LogP contribution in [0.1, 0.15) is 22.3 Å². The minimum Gasteiger partial charge on any atom is -0.370 e. The van der Waals surface area contributed by atoms with E-state index in [4.69, 9.17) is 0 Å². The van der Waals surface area contributed by atoms with Gasteiger partial charge in [0.05, 0.1) is 17.4 Å². The molecule has 1 aliphatic rings. The Labute approximate surface area is 179 Å². The van der Waals surface area contributed by atoms with E-state index in [0.717, 1.165) is 25.9 Å². The lowest BCUT2D eigenvalue weighted by Crippen LogP contribution is -2.38. The number of fused-ring (bicyclic) bond motifs is 1. The first-order chi connectivity index (χ1) is 15.1. The van der Waals surface area contributed by atoms with E-state index in [9.17, 15) is 14.0 Å². The zero-order valence-electron chi connectivity index (χ0n) is 17.1. The molecular weight excluding hydrogens is 397 g/mol. The normalized spacial score (nSPS) is 12.9. The molecule has 0 bridgehead atoms. The van der Waals surface area contributed by atoms with Crippen LogP contribution in [0.3, 0.4) is 0 Å². The molecule has 4 rings (SSSR count). The van der Waals surface area contributed by atoms with Crippen LogP contribution in [0.4, 0.5) is 15.8 Å². The molecule has 0 fully saturated rings. The monoisotopic (exact) mass is 421 g/mol. The fraction of sp³-hybridized carbons (Fsp3) is 0.261. The van der Waals surface area contributed by atoms with Crippen LogP contribution in [0.5, 0.6) is 0 Å². The van der Waals surface area contributed by atoms with Crippen molar-refractivity contribution < 1.29 is 14.0 Å². The number of amides is 2. The predicted octanol–water partition coefficient (Wildman–Crippen LogP) is 2.84. The van der Waals surface area contributed by atoms with Gasteiger partial charge in [0, 0.05) is 31.5 Å². The molecule has 0 saturated heterocycles. The molecule has 0 unspecified atom stereocenters. The van der Waals surface area contributed by atoms with Crippen molar-refractivity contribution in [2.75, 3.05) is 29.9 Å². The lowest BCUT2D eigenvalue weighted by molar-refractivity contribution is -0.121. The van der Waals surface area contributed by atoms with E-state index in [-0.39, 0.29) is 18.0 Å². The van der Waals surface area contributed by atoms with Crippen molar-refractivity contribution in [1.82, 2.24) is 15.1 Å². The van der Waals surface area contributed by atoms with Crippen molar-refractivity contribution in [3.8, 4) is 0 Å². The molecule has 2 N–H and O–H groups in total. The summed E-state index contributed by atoms with van der Waals surface area (Å²) >= 11 is 0. The maximum Gasteiger partial charge on any atom is 0.258 e. The summed E-state index contributed by atoms with van der Waals surface area (Å²) in [4.78, 5) is 26.7. The largest absolute Gasteiger partial charge is 0.370 e. The highest BCUT2D eigenvalue weighted by Gasteiger charge is 2.16. The highest BCUT2D eigenvalue weighted by molar-refractivity contribution is 6.04. The summed E-state index contributed by atoms with van der Waals surface area (Å²) in [5.41, 5.74) is 2.94. The molecule has 8 heteroatoms. The molecule has 0 radical (unpaired) electrons. The van der Waals surface area contributed by atoms with Crippen molar-refractivity contribution in [3.05, 3.63) is 77.9 Å². The fourth-order valence-electron chi connectivity index (χ4n) is 3.74. The van der Waals surface area contributed by atoms with Crippen LogP contribution in [0.2, 0.25) is 0 Å². The van der Waals surface area contributed by atoms with E-state index < -0.39 is 11.7 Å².